The van der Waals surface area contributed by atoms with Crippen molar-refractivity contribution in [1.29, 1.82) is 0 Å². The highest BCUT2D eigenvalue weighted by Crippen LogP contribution is 2.19. The summed E-state index contributed by atoms with van der Waals surface area (Å²) in [7, 11) is 0.831. The molecule has 3 aromatic rings. The van der Waals surface area contributed by atoms with Crippen molar-refractivity contribution in [3.63, 3.8) is 0 Å². The molecule has 0 radical (unpaired) electrons. The van der Waals surface area contributed by atoms with Crippen LogP contribution in [0.2, 0.25) is 0 Å². The molecular weight excluding hydrogens is 400 g/mol. The average molecular weight is 425 g/mol. The van der Waals surface area contributed by atoms with Crippen LogP contribution in [0.25, 0.3) is 0 Å². The molecule has 1 aromatic heterocycles. The van der Waals surface area contributed by atoms with Crippen LogP contribution in [0.4, 0.5) is 11.4 Å². The molecule has 3 rings (SSSR count). The number of benzene rings is 2. The van der Waals surface area contributed by atoms with Crippen LogP contribution in [0.15, 0.2) is 73.1 Å². The first-order valence-electron chi connectivity index (χ1n) is 9.33. The number of aromatic nitrogens is 1. The Morgan fingerprint density at radius 1 is 0.867 bits per heavy atom. The predicted octanol–water partition coefficient (Wildman–Crippen LogP) is 3.17. The number of pyridine rings is 1. The molecule has 0 saturated heterocycles. The van der Waals surface area contributed by atoms with E-state index in [1.165, 1.54) is 26.7 Å². The minimum atomic E-state index is -3.58. The van der Waals surface area contributed by atoms with Gasteiger partial charge in [-0.25, -0.2) is 0 Å². The first kappa shape index (κ1) is 21.5. The Bertz CT molecular complexity index is 1100. The van der Waals surface area contributed by atoms with Gasteiger partial charge in [0.2, 0.25) is 0 Å². The van der Waals surface area contributed by atoms with Crippen molar-refractivity contribution in [3.8, 4) is 0 Å². The summed E-state index contributed by atoms with van der Waals surface area (Å²) in [5, 5.41) is 2.86. The highest BCUT2D eigenvalue weighted by atomic mass is 32.2. The summed E-state index contributed by atoms with van der Waals surface area (Å²) in [4.78, 5) is 16.5. The molecule has 0 saturated carbocycles. The SMILES string of the molecule is CN(C)S(=O)(=O)N(C)c1ccc(C(=O)Nc2ccc(Cc3ccncc3)cc2)cc1. The summed E-state index contributed by atoms with van der Waals surface area (Å²) in [6.45, 7) is 0. The van der Waals surface area contributed by atoms with Crippen LogP contribution in [0.1, 0.15) is 21.5 Å². The lowest BCUT2D eigenvalue weighted by Crippen LogP contribution is -2.37. The highest BCUT2D eigenvalue weighted by molar-refractivity contribution is 7.90. The van der Waals surface area contributed by atoms with E-state index in [4.69, 9.17) is 0 Å². The van der Waals surface area contributed by atoms with E-state index in [1.54, 1.807) is 36.7 Å². The van der Waals surface area contributed by atoms with Crippen LogP contribution < -0.4 is 9.62 Å². The lowest BCUT2D eigenvalue weighted by atomic mass is 10.1. The smallest absolute Gasteiger partial charge is 0.303 e. The van der Waals surface area contributed by atoms with Gasteiger partial charge < -0.3 is 5.32 Å². The second-order valence-corrected chi connectivity index (χ2v) is 9.16. The van der Waals surface area contributed by atoms with Crippen molar-refractivity contribution < 1.29 is 13.2 Å². The molecule has 0 fully saturated rings. The fourth-order valence-electron chi connectivity index (χ4n) is 2.85. The number of hydrogen-bond acceptors (Lipinski definition) is 4. The summed E-state index contributed by atoms with van der Waals surface area (Å²) in [5.74, 6) is -0.262. The third kappa shape index (κ3) is 5.03. The highest BCUT2D eigenvalue weighted by Gasteiger charge is 2.21. The van der Waals surface area contributed by atoms with Gasteiger partial charge in [-0.05, 0) is 66.1 Å². The number of amides is 1. The van der Waals surface area contributed by atoms with Gasteiger partial charge in [-0.3, -0.25) is 14.1 Å². The normalized spacial score (nSPS) is 11.3. The average Bonchev–Trinajstić information content (AvgIpc) is 2.75. The van der Waals surface area contributed by atoms with Crippen molar-refractivity contribution in [2.45, 2.75) is 6.42 Å². The van der Waals surface area contributed by atoms with Crippen molar-refractivity contribution in [1.82, 2.24) is 9.29 Å². The third-order valence-electron chi connectivity index (χ3n) is 4.67. The molecule has 2 aromatic carbocycles. The molecule has 7 nitrogen and oxygen atoms in total. The van der Waals surface area contributed by atoms with Gasteiger partial charge in [0, 0.05) is 44.8 Å². The number of anilines is 2. The molecule has 0 atom stereocenters. The quantitative estimate of drug-likeness (QED) is 0.632. The molecule has 156 valence electrons. The fraction of sp³-hybridized carbons (Fsp3) is 0.182. The maximum absolute atomic E-state index is 12.5. The predicted molar refractivity (Wildman–Crippen MR) is 119 cm³/mol. The number of nitrogens with zero attached hydrogens (tertiary/aromatic N) is 3. The number of rotatable bonds is 7. The molecule has 30 heavy (non-hydrogen) atoms. The van der Waals surface area contributed by atoms with Crippen molar-refractivity contribution in [2.75, 3.05) is 30.8 Å². The first-order chi connectivity index (χ1) is 14.3. The van der Waals surface area contributed by atoms with Crippen molar-refractivity contribution >= 4 is 27.5 Å². The van der Waals surface area contributed by atoms with Crippen molar-refractivity contribution in [2.24, 2.45) is 0 Å². The zero-order chi connectivity index (χ0) is 21.7. The molecule has 0 aliphatic carbocycles. The van der Waals surface area contributed by atoms with E-state index in [9.17, 15) is 13.2 Å². The summed E-state index contributed by atoms with van der Waals surface area (Å²) in [5.41, 5.74) is 3.91. The van der Waals surface area contributed by atoms with E-state index in [1.807, 2.05) is 36.4 Å². The van der Waals surface area contributed by atoms with Gasteiger partial charge in [-0.15, -0.1) is 0 Å². The molecule has 8 heteroatoms. The third-order valence-corrected chi connectivity index (χ3v) is 6.50. The van der Waals surface area contributed by atoms with Gasteiger partial charge in [0.25, 0.3) is 5.91 Å². The van der Waals surface area contributed by atoms with E-state index in [0.29, 0.717) is 16.9 Å². The fourth-order valence-corrected chi connectivity index (χ4v) is 3.72. The minimum absolute atomic E-state index is 0.262. The van der Waals surface area contributed by atoms with Crippen LogP contribution in [-0.2, 0) is 16.6 Å². The first-order valence-corrected chi connectivity index (χ1v) is 10.7. The van der Waals surface area contributed by atoms with Gasteiger partial charge in [0.05, 0.1) is 5.69 Å². The zero-order valence-corrected chi connectivity index (χ0v) is 17.9. The van der Waals surface area contributed by atoms with Crippen molar-refractivity contribution in [3.05, 3.63) is 89.7 Å². The lowest BCUT2D eigenvalue weighted by molar-refractivity contribution is 0.102. The second-order valence-electron chi connectivity index (χ2n) is 6.99. The maximum atomic E-state index is 12.5. The van der Waals surface area contributed by atoms with Crippen LogP contribution >= 0.6 is 0 Å². The summed E-state index contributed by atoms with van der Waals surface area (Å²) < 4.78 is 26.7. The summed E-state index contributed by atoms with van der Waals surface area (Å²) >= 11 is 0. The van der Waals surface area contributed by atoms with E-state index in [0.717, 1.165) is 20.6 Å². The monoisotopic (exact) mass is 424 g/mol. The van der Waals surface area contributed by atoms with Gasteiger partial charge in [-0.1, -0.05) is 12.1 Å². The van der Waals surface area contributed by atoms with E-state index >= 15 is 0 Å². The molecular formula is C22H24N4O3S. The number of hydrogen-bond donors (Lipinski definition) is 1. The molecule has 1 heterocycles. The molecule has 0 aliphatic heterocycles. The summed E-state index contributed by atoms with van der Waals surface area (Å²) in [6.07, 6.45) is 4.33. The van der Waals surface area contributed by atoms with Crippen LogP contribution in [0.3, 0.4) is 0 Å². The van der Waals surface area contributed by atoms with Gasteiger partial charge >= 0.3 is 10.2 Å². The van der Waals surface area contributed by atoms with Crippen LogP contribution in [0, 0.1) is 0 Å². The Kier molecular flexibility index (Phi) is 6.49. The Labute approximate surface area is 177 Å². The largest absolute Gasteiger partial charge is 0.322 e. The standard InChI is InChI=1S/C22H24N4O3S/c1-25(2)30(28,29)26(3)21-10-6-19(7-11-21)22(27)24-20-8-4-17(5-9-20)16-18-12-14-23-15-13-18/h4-15H,16H2,1-3H3,(H,24,27). The summed E-state index contributed by atoms with van der Waals surface area (Å²) in [6, 6.07) is 18.0. The second kappa shape index (κ2) is 9.06. The maximum Gasteiger partial charge on any atom is 0.303 e. The van der Waals surface area contributed by atoms with Crippen LogP contribution in [0.5, 0.6) is 0 Å². The van der Waals surface area contributed by atoms with E-state index in [2.05, 4.69) is 10.3 Å². The number of nitrogens with one attached hydrogen (secondary N) is 1. The van der Waals surface area contributed by atoms with Gasteiger partial charge in [0.15, 0.2) is 0 Å². The zero-order valence-electron chi connectivity index (χ0n) is 17.1. The van der Waals surface area contributed by atoms with Gasteiger partial charge in [-0.2, -0.15) is 12.7 Å². The molecule has 0 unspecified atom stereocenters. The topological polar surface area (TPSA) is 82.6 Å². The Morgan fingerprint density at radius 2 is 1.43 bits per heavy atom. The van der Waals surface area contributed by atoms with E-state index < -0.39 is 10.2 Å². The molecule has 0 aliphatic rings. The van der Waals surface area contributed by atoms with E-state index in [-0.39, 0.29) is 5.91 Å². The molecule has 1 amide bonds. The number of carbonyl (C=O) groups is 1. The van der Waals surface area contributed by atoms with Crippen LogP contribution in [-0.4, -0.2) is 44.8 Å². The Balaban J connectivity index is 1.64. The minimum Gasteiger partial charge on any atom is -0.322 e. The number of carbonyl (C=O) groups excluding carboxylic acids is 1. The molecule has 0 bridgehead atoms. The lowest BCUT2D eigenvalue weighted by Gasteiger charge is -2.23. The molecule has 0 spiro atoms. The molecule has 1 N–H and O–H groups in total. The van der Waals surface area contributed by atoms with Gasteiger partial charge in [0.1, 0.15) is 0 Å². The Hall–Kier alpha value is -3.23. The Morgan fingerprint density at radius 3 is 2.00 bits per heavy atom.